The molecule has 96 valence electrons. The van der Waals surface area contributed by atoms with Gasteiger partial charge in [-0.3, -0.25) is 0 Å². The second-order valence-electron chi connectivity index (χ2n) is 5.27. The maximum Gasteiger partial charge on any atom is 0.127 e. The van der Waals surface area contributed by atoms with Crippen molar-refractivity contribution in [2.24, 2.45) is 0 Å². The van der Waals surface area contributed by atoms with E-state index in [0.717, 1.165) is 18.6 Å². The second kappa shape index (κ2) is 4.93. The van der Waals surface area contributed by atoms with E-state index in [0.29, 0.717) is 0 Å². The summed E-state index contributed by atoms with van der Waals surface area (Å²) in [6, 6.07) is 18.8. The first-order chi connectivity index (χ1) is 9.25. The molecule has 1 heteroatoms. The second-order valence-corrected chi connectivity index (χ2v) is 5.27. The highest BCUT2D eigenvalue weighted by Gasteiger charge is 2.26. The van der Waals surface area contributed by atoms with E-state index in [1.165, 1.54) is 11.1 Å². The van der Waals surface area contributed by atoms with Gasteiger partial charge >= 0.3 is 0 Å². The van der Waals surface area contributed by atoms with Crippen molar-refractivity contribution in [3.8, 4) is 5.75 Å². The van der Waals surface area contributed by atoms with Gasteiger partial charge in [0.15, 0.2) is 0 Å². The lowest BCUT2D eigenvalue weighted by molar-refractivity contribution is 0.128. The predicted octanol–water partition coefficient (Wildman–Crippen LogP) is 4.48. The first-order valence-electron chi connectivity index (χ1n) is 6.76. The van der Waals surface area contributed by atoms with Crippen LogP contribution in [-0.4, -0.2) is 5.60 Å². The summed E-state index contributed by atoms with van der Waals surface area (Å²) in [5, 5.41) is 0. The summed E-state index contributed by atoms with van der Waals surface area (Å²) in [6.45, 7) is 2.16. The Morgan fingerprint density at radius 3 is 2.53 bits per heavy atom. The van der Waals surface area contributed by atoms with Crippen LogP contribution in [0.3, 0.4) is 0 Å². The summed E-state index contributed by atoms with van der Waals surface area (Å²) >= 11 is 0. The molecule has 1 nitrogen and oxygen atoms in total. The van der Waals surface area contributed by atoms with E-state index < -0.39 is 0 Å². The van der Waals surface area contributed by atoms with Crippen LogP contribution in [0.15, 0.2) is 60.7 Å². The van der Waals surface area contributed by atoms with Gasteiger partial charge in [-0.05, 0) is 37.5 Å². The Morgan fingerprint density at radius 1 is 0.947 bits per heavy atom. The van der Waals surface area contributed by atoms with E-state index in [9.17, 15) is 0 Å². The molecule has 0 fully saturated rings. The van der Waals surface area contributed by atoms with Crippen LogP contribution in [0.25, 0.3) is 6.08 Å². The third-order valence-electron chi connectivity index (χ3n) is 3.63. The fourth-order valence-electron chi connectivity index (χ4n) is 2.43. The molecule has 0 N–H and O–H groups in total. The molecule has 1 unspecified atom stereocenters. The van der Waals surface area contributed by atoms with Crippen LogP contribution < -0.4 is 4.74 Å². The first-order valence-corrected chi connectivity index (χ1v) is 6.76. The minimum atomic E-state index is -0.204. The smallest absolute Gasteiger partial charge is 0.127 e. The lowest BCUT2D eigenvalue weighted by Gasteiger charge is -2.31. The van der Waals surface area contributed by atoms with Crippen molar-refractivity contribution in [3.63, 3.8) is 0 Å². The Kier molecular flexibility index (Phi) is 3.12. The van der Waals surface area contributed by atoms with Gasteiger partial charge in [-0.1, -0.05) is 54.6 Å². The zero-order valence-corrected chi connectivity index (χ0v) is 11.2. The summed E-state index contributed by atoms with van der Waals surface area (Å²) in [5.41, 5.74) is 2.32. The highest BCUT2D eigenvalue weighted by molar-refractivity contribution is 5.60. The minimum Gasteiger partial charge on any atom is -0.483 e. The van der Waals surface area contributed by atoms with Crippen LogP contribution in [0.4, 0.5) is 0 Å². The monoisotopic (exact) mass is 250 g/mol. The molecule has 1 heterocycles. The molecule has 0 spiro atoms. The van der Waals surface area contributed by atoms with Gasteiger partial charge in [-0.25, -0.2) is 0 Å². The van der Waals surface area contributed by atoms with Crippen LogP contribution in [0.1, 0.15) is 24.5 Å². The Bertz CT molecular complexity index is 586. The molecule has 0 aliphatic carbocycles. The van der Waals surface area contributed by atoms with E-state index in [1.54, 1.807) is 0 Å². The van der Waals surface area contributed by atoms with Gasteiger partial charge in [0, 0.05) is 5.56 Å². The standard InChI is InChI=1S/C18H18O/c1-18(13-11-15-7-3-2-4-8-15)14-12-16-9-5-6-10-17(16)19-18/h2-10,12,14H,11,13H2,1H3. The number of hydrogen-bond donors (Lipinski definition) is 0. The number of aryl methyl sites for hydroxylation is 1. The lowest BCUT2D eigenvalue weighted by Crippen LogP contribution is -2.32. The van der Waals surface area contributed by atoms with Gasteiger partial charge in [-0.15, -0.1) is 0 Å². The number of ether oxygens (including phenoxy) is 1. The minimum absolute atomic E-state index is 0.204. The Balaban J connectivity index is 1.72. The molecule has 1 aliphatic heterocycles. The number of benzene rings is 2. The molecule has 1 atom stereocenters. The van der Waals surface area contributed by atoms with Gasteiger partial charge < -0.3 is 4.74 Å². The molecule has 0 saturated heterocycles. The topological polar surface area (TPSA) is 9.23 Å². The maximum atomic E-state index is 6.15. The molecule has 0 aromatic heterocycles. The molecule has 0 radical (unpaired) electrons. The molecule has 19 heavy (non-hydrogen) atoms. The fraction of sp³-hybridized carbons (Fsp3) is 0.222. The highest BCUT2D eigenvalue weighted by Crippen LogP contribution is 2.33. The van der Waals surface area contributed by atoms with Crippen LogP contribution in [0.5, 0.6) is 5.75 Å². The molecule has 0 bridgehead atoms. The zero-order valence-electron chi connectivity index (χ0n) is 11.2. The van der Waals surface area contributed by atoms with E-state index in [2.05, 4.69) is 55.5 Å². The molecule has 2 aromatic rings. The van der Waals surface area contributed by atoms with Crippen molar-refractivity contribution in [2.75, 3.05) is 0 Å². The van der Waals surface area contributed by atoms with Crippen molar-refractivity contribution in [1.82, 2.24) is 0 Å². The normalized spacial score (nSPS) is 20.7. The summed E-state index contributed by atoms with van der Waals surface area (Å²) in [6.07, 6.45) is 6.37. The van der Waals surface area contributed by atoms with E-state index in [4.69, 9.17) is 4.74 Å². The molecule has 3 rings (SSSR count). The number of rotatable bonds is 3. The van der Waals surface area contributed by atoms with Crippen molar-refractivity contribution in [2.45, 2.75) is 25.4 Å². The molecular formula is C18H18O. The van der Waals surface area contributed by atoms with Crippen molar-refractivity contribution in [1.29, 1.82) is 0 Å². The average Bonchev–Trinajstić information content (AvgIpc) is 2.46. The molecule has 2 aromatic carbocycles. The van der Waals surface area contributed by atoms with E-state index in [-0.39, 0.29) is 5.60 Å². The Morgan fingerprint density at radius 2 is 1.68 bits per heavy atom. The SMILES string of the molecule is CC1(CCc2ccccc2)C=Cc2ccccc2O1. The number of para-hydroxylation sites is 1. The quantitative estimate of drug-likeness (QED) is 0.780. The number of fused-ring (bicyclic) bond motifs is 1. The van der Waals surface area contributed by atoms with Crippen LogP contribution in [0.2, 0.25) is 0 Å². The Hall–Kier alpha value is -2.02. The lowest BCUT2D eigenvalue weighted by atomic mass is 9.93. The van der Waals surface area contributed by atoms with Gasteiger partial charge in [0.1, 0.15) is 11.4 Å². The average molecular weight is 250 g/mol. The van der Waals surface area contributed by atoms with E-state index in [1.807, 2.05) is 18.2 Å². The Labute approximate surface area is 114 Å². The predicted molar refractivity (Wildman–Crippen MR) is 79.3 cm³/mol. The fourth-order valence-corrected chi connectivity index (χ4v) is 2.43. The van der Waals surface area contributed by atoms with Crippen molar-refractivity contribution >= 4 is 6.08 Å². The van der Waals surface area contributed by atoms with E-state index >= 15 is 0 Å². The third kappa shape index (κ3) is 2.70. The van der Waals surface area contributed by atoms with Crippen molar-refractivity contribution in [3.05, 3.63) is 71.8 Å². The van der Waals surface area contributed by atoms with Gasteiger partial charge in [0.2, 0.25) is 0 Å². The molecule has 1 aliphatic rings. The van der Waals surface area contributed by atoms with Gasteiger partial charge in [0.05, 0.1) is 0 Å². The van der Waals surface area contributed by atoms with Gasteiger partial charge in [-0.2, -0.15) is 0 Å². The molecular weight excluding hydrogens is 232 g/mol. The van der Waals surface area contributed by atoms with Crippen LogP contribution in [-0.2, 0) is 6.42 Å². The summed E-state index contributed by atoms with van der Waals surface area (Å²) in [5.74, 6) is 0.987. The van der Waals surface area contributed by atoms with Crippen LogP contribution >= 0.6 is 0 Å². The summed E-state index contributed by atoms with van der Waals surface area (Å²) in [4.78, 5) is 0. The van der Waals surface area contributed by atoms with Crippen LogP contribution in [0, 0.1) is 0 Å². The first kappa shape index (κ1) is 12.0. The molecule has 0 saturated carbocycles. The highest BCUT2D eigenvalue weighted by atomic mass is 16.5. The van der Waals surface area contributed by atoms with Crippen molar-refractivity contribution < 1.29 is 4.74 Å². The largest absolute Gasteiger partial charge is 0.483 e. The number of hydrogen-bond acceptors (Lipinski definition) is 1. The molecule has 0 amide bonds. The van der Waals surface area contributed by atoms with Gasteiger partial charge in [0.25, 0.3) is 0 Å². The third-order valence-corrected chi connectivity index (χ3v) is 3.63. The summed E-state index contributed by atoms with van der Waals surface area (Å²) in [7, 11) is 0. The zero-order chi connectivity index (χ0) is 13.1. The maximum absolute atomic E-state index is 6.15. The summed E-state index contributed by atoms with van der Waals surface area (Å²) < 4.78 is 6.15.